The van der Waals surface area contributed by atoms with Crippen LogP contribution in [0.3, 0.4) is 0 Å². The molecular weight excluding hydrogens is 466 g/mol. The zero-order valence-corrected chi connectivity index (χ0v) is 20.3. The van der Waals surface area contributed by atoms with Crippen molar-refractivity contribution in [2.45, 2.75) is 37.4 Å². The fraction of sp³-hybridized carbons (Fsp3) is 0.400. The van der Waals surface area contributed by atoms with Crippen molar-refractivity contribution in [3.63, 3.8) is 0 Å². The number of hydrogen-bond donors (Lipinski definition) is 1. The minimum absolute atomic E-state index is 0.154. The van der Waals surface area contributed by atoms with Gasteiger partial charge in [-0.1, -0.05) is 29.1 Å². The van der Waals surface area contributed by atoms with Gasteiger partial charge in [0, 0.05) is 30.6 Å². The number of rotatable bonds is 6. The van der Waals surface area contributed by atoms with Crippen LogP contribution >= 0.6 is 0 Å². The molecule has 0 aromatic heterocycles. The number of nitrogens with one attached hydrogen (secondary N) is 1. The molecule has 1 N–H and O–H groups in total. The minimum Gasteiger partial charge on any atom is -0.496 e. The predicted octanol–water partition coefficient (Wildman–Crippen LogP) is -1.22. The van der Waals surface area contributed by atoms with Gasteiger partial charge in [0.25, 0.3) is 5.91 Å². The first-order valence-corrected chi connectivity index (χ1v) is 12.2. The molecule has 3 atom stereocenters. The highest BCUT2D eigenvalue weighted by Crippen LogP contribution is 2.35. The highest BCUT2D eigenvalue weighted by molar-refractivity contribution is 6.41. The number of carbonyl (C=O) groups is 3. The second-order valence-electron chi connectivity index (χ2n) is 9.43. The summed E-state index contributed by atoms with van der Waals surface area (Å²) >= 11 is 0. The Morgan fingerprint density at radius 3 is 2.43 bits per heavy atom. The van der Waals surface area contributed by atoms with Crippen LogP contribution in [-0.2, 0) is 20.9 Å². The number of carbonyl (C=O) groups excluding carboxylic acids is 3. The van der Waals surface area contributed by atoms with Crippen LogP contribution < -0.4 is 21.0 Å². The molecule has 0 aliphatic carbocycles. The zero-order chi connectivity index (χ0) is 26.3. The summed E-state index contributed by atoms with van der Waals surface area (Å²) in [7, 11) is 25.5. The Labute approximate surface area is 221 Å². The van der Waals surface area contributed by atoms with Crippen molar-refractivity contribution in [1.82, 2.24) is 15.1 Å². The van der Waals surface area contributed by atoms with Crippen LogP contribution in [0.1, 0.15) is 51.8 Å². The van der Waals surface area contributed by atoms with Crippen molar-refractivity contribution in [1.29, 1.82) is 0 Å². The standard InChI is InChI=1S/C25H23B4N3O5/c26-16-10-13(22(28)31-6-8-36-9-7-31)11-17(27)21(16)23(29)37-19-3-1-2-14-15(19)12-32(25(14)35)18-4-5-20(33)30-24(18)34/h1-3,10-11,18,22-23H,4-9,12H2,(H,30,33,34). The molecule has 5 rings (SSSR count). The highest BCUT2D eigenvalue weighted by Gasteiger charge is 2.40. The Bertz CT molecular complexity index is 1230. The molecule has 2 aromatic rings. The van der Waals surface area contributed by atoms with Gasteiger partial charge in [-0.2, -0.15) is 0 Å². The molecule has 2 aromatic carbocycles. The SMILES string of the molecule is [B]c1cc(C([B])N2CCOCC2)cc([B])c1C([B])Oc1cccc2c1CN(C1CCC(=O)NC1=O)C2=O. The van der Waals surface area contributed by atoms with Gasteiger partial charge >= 0.3 is 0 Å². The fourth-order valence-electron chi connectivity index (χ4n) is 5.15. The van der Waals surface area contributed by atoms with E-state index >= 15 is 0 Å². The summed E-state index contributed by atoms with van der Waals surface area (Å²) in [5.74, 6) is -1.12. The van der Waals surface area contributed by atoms with Crippen LogP contribution in [-0.4, -0.2) is 91.3 Å². The summed E-state index contributed by atoms with van der Waals surface area (Å²) in [6.45, 7) is 2.79. The number of ether oxygens (including phenoxy) is 2. The molecule has 0 bridgehead atoms. The van der Waals surface area contributed by atoms with Crippen molar-refractivity contribution in [3.8, 4) is 5.75 Å². The van der Waals surface area contributed by atoms with Crippen LogP contribution in [0.25, 0.3) is 0 Å². The van der Waals surface area contributed by atoms with E-state index in [4.69, 9.17) is 40.9 Å². The van der Waals surface area contributed by atoms with Crippen molar-refractivity contribution >= 4 is 60.0 Å². The number of amides is 3. The average molecular weight is 489 g/mol. The fourth-order valence-corrected chi connectivity index (χ4v) is 5.15. The monoisotopic (exact) mass is 489 g/mol. The van der Waals surface area contributed by atoms with Gasteiger partial charge in [0.2, 0.25) is 11.8 Å². The molecule has 0 saturated carbocycles. The molecule has 3 aliphatic rings. The van der Waals surface area contributed by atoms with Crippen LogP contribution in [0.2, 0.25) is 0 Å². The van der Waals surface area contributed by atoms with E-state index in [9.17, 15) is 14.4 Å². The predicted molar refractivity (Wildman–Crippen MR) is 140 cm³/mol. The van der Waals surface area contributed by atoms with E-state index in [2.05, 4.69) is 10.2 Å². The maximum atomic E-state index is 13.1. The highest BCUT2D eigenvalue weighted by atomic mass is 16.5. The number of nitrogens with zero attached hydrogens (tertiary/aromatic N) is 2. The van der Waals surface area contributed by atoms with E-state index in [1.165, 1.54) is 4.90 Å². The topological polar surface area (TPSA) is 88.2 Å². The lowest BCUT2D eigenvalue weighted by Crippen LogP contribution is -2.52. The van der Waals surface area contributed by atoms with Crippen LogP contribution in [0.5, 0.6) is 5.75 Å². The van der Waals surface area contributed by atoms with E-state index in [0.717, 1.165) is 5.56 Å². The van der Waals surface area contributed by atoms with Crippen LogP contribution in [0, 0.1) is 0 Å². The Balaban J connectivity index is 1.35. The van der Waals surface area contributed by atoms with Gasteiger partial charge in [-0.05, 0) is 35.6 Å². The molecule has 2 saturated heterocycles. The average Bonchev–Trinajstić information content (AvgIpc) is 3.21. The molecule has 3 amide bonds. The van der Waals surface area contributed by atoms with Crippen LogP contribution in [0.4, 0.5) is 0 Å². The van der Waals surface area contributed by atoms with Gasteiger partial charge in [0.05, 0.1) is 33.6 Å². The zero-order valence-electron chi connectivity index (χ0n) is 20.3. The third-order valence-corrected chi connectivity index (χ3v) is 7.12. The first-order valence-electron chi connectivity index (χ1n) is 12.2. The first-order chi connectivity index (χ1) is 17.7. The Kier molecular flexibility index (Phi) is 7.23. The molecule has 3 unspecified atom stereocenters. The largest absolute Gasteiger partial charge is 0.496 e. The van der Waals surface area contributed by atoms with Crippen molar-refractivity contribution in [3.05, 3.63) is 52.6 Å². The quantitative estimate of drug-likeness (QED) is 0.405. The Hall–Kier alpha value is -2.97. The van der Waals surface area contributed by atoms with E-state index in [1.807, 2.05) is 0 Å². The third-order valence-electron chi connectivity index (χ3n) is 7.12. The number of hydrogen-bond acceptors (Lipinski definition) is 6. The molecule has 3 heterocycles. The van der Waals surface area contributed by atoms with E-state index in [-0.39, 0.29) is 37.1 Å². The van der Waals surface area contributed by atoms with Crippen molar-refractivity contribution < 1.29 is 23.9 Å². The van der Waals surface area contributed by atoms with Gasteiger partial charge in [0.15, 0.2) is 0 Å². The normalized spacial score (nSPS) is 21.9. The summed E-state index contributed by atoms with van der Waals surface area (Å²) in [6.07, 6.45) is 0.445. The lowest BCUT2D eigenvalue weighted by atomic mass is 9.71. The van der Waals surface area contributed by atoms with E-state index < -0.39 is 18.0 Å². The summed E-state index contributed by atoms with van der Waals surface area (Å²) < 4.78 is 11.5. The van der Waals surface area contributed by atoms with Crippen molar-refractivity contribution in [2.75, 3.05) is 26.3 Å². The molecular formula is C25H23B4N3O5. The van der Waals surface area contributed by atoms with Gasteiger partial charge in [-0.3, -0.25) is 19.7 Å². The summed E-state index contributed by atoms with van der Waals surface area (Å²) in [5, 5.41) is 2.30. The summed E-state index contributed by atoms with van der Waals surface area (Å²) in [5.41, 5.74) is 2.90. The molecule has 3 aliphatic heterocycles. The Morgan fingerprint density at radius 1 is 1.05 bits per heavy atom. The molecule has 8 nitrogen and oxygen atoms in total. The molecule has 37 heavy (non-hydrogen) atoms. The lowest BCUT2D eigenvalue weighted by Gasteiger charge is -2.34. The van der Waals surface area contributed by atoms with Gasteiger partial charge in [-0.25, -0.2) is 0 Å². The molecule has 180 valence electrons. The molecule has 0 spiro atoms. The summed E-state index contributed by atoms with van der Waals surface area (Å²) in [6, 6.07) is 6.82. The second kappa shape index (κ2) is 10.4. The van der Waals surface area contributed by atoms with Crippen LogP contribution in [0.15, 0.2) is 30.3 Å². The smallest absolute Gasteiger partial charge is 0.255 e. The van der Waals surface area contributed by atoms with Crippen molar-refractivity contribution in [2.24, 2.45) is 0 Å². The number of fused-ring (bicyclic) bond motifs is 1. The van der Waals surface area contributed by atoms with E-state index in [1.54, 1.807) is 30.3 Å². The third kappa shape index (κ3) is 4.97. The number of imide groups is 1. The maximum absolute atomic E-state index is 13.1. The first kappa shape index (κ1) is 25.7. The van der Waals surface area contributed by atoms with Gasteiger partial charge in [0.1, 0.15) is 35.3 Å². The van der Waals surface area contributed by atoms with Gasteiger partial charge < -0.3 is 19.3 Å². The maximum Gasteiger partial charge on any atom is 0.255 e. The number of piperidine rings is 1. The van der Waals surface area contributed by atoms with Gasteiger partial charge in [-0.15, -0.1) is 0 Å². The number of morpholine rings is 1. The molecule has 8 radical (unpaired) electrons. The Morgan fingerprint density at radius 2 is 1.76 bits per heavy atom. The minimum atomic E-state index is -1.01. The number of benzene rings is 2. The summed E-state index contributed by atoms with van der Waals surface area (Å²) in [4.78, 5) is 40.5. The second-order valence-corrected chi connectivity index (χ2v) is 9.43. The molecule has 2 fully saturated rings. The molecule has 12 heteroatoms. The van der Waals surface area contributed by atoms with E-state index in [0.29, 0.717) is 59.7 Å². The lowest BCUT2D eigenvalue weighted by molar-refractivity contribution is -0.136.